The van der Waals surface area contributed by atoms with Gasteiger partial charge in [-0.05, 0) is 35.9 Å². The smallest absolute Gasteiger partial charge is 0.286 e. The quantitative estimate of drug-likeness (QED) is 0.494. The van der Waals surface area contributed by atoms with Crippen LogP contribution in [-0.2, 0) is 11.3 Å². The van der Waals surface area contributed by atoms with Crippen LogP contribution in [-0.4, -0.2) is 41.9 Å². The number of thioether (sulfide) groups is 1. The molecule has 0 radical (unpaired) electrons. The van der Waals surface area contributed by atoms with Crippen molar-refractivity contribution in [1.29, 1.82) is 0 Å². The van der Waals surface area contributed by atoms with E-state index < -0.39 is 0 Å². The van der Waals surface area contributed by atoms with Crippen molar-refractivity contribution >= 4 is 57.9 Å². The van der Waals surface area contributed by atoms with E-state index in [1.165, 1.54) is 11.8 Å². The lowest BCUT2D eigenvalue weighted by Crippen LogP contribution is -2.24. The minimum Gasteiger partial charge on any atom is -0.378 e. The van der Waals surface area contributed by atoms with Crippen molar-refractivity contribution in [3.05, 3.63) is 64.1 Å². The molecule has 0 saturated heterocycles. The molecular weight excluding hydrogens is 442 g/mol. The summed E-state index contributed by atoms with van der Waals surface area (Å²) in [6, 6.07) is 14.8. The van der Waals surface area contributed by atoms with Gasteiger partial charge in [0.05, 0.1) is 5.75 Å². The molecule has 0 aliphatic heterocycles. The van der Waals surface area contributed by atoms with Gasteiger partial charge in [0.1, 0.15) is 0 Å². The van der Waals surface area contributed by atoms with Crippen LogP contribution < -0.4 is 15.5 Å². The first-order valence-corrected chi connectivity index (χ1v) is 11.1. The van der Waals surface area contributed by atoms with Gasteiger partial charge in [0, 0.05) is 37.0 Å². The van der Waals surface area contributed by atoms with Crippen LogP contribution in [0.15, 0.2) is 52.9 Å². The van der Waals surface area contributed by atoms with Crippen LogP contribution in [0.2, 0.25) is 5.02 Å². The van der Waals surface area contributed by atoms with Gasteiger partial charge in [-0.25, -0.2) is 0 Å². The van der Waals surface area contributed by atoms with E-state index >= 15 is 0 Å². The molecule has 0 aliphatic rings. The summed E-state index contributed by atoms with van der Waals surface area (Å²) in [5.74, 6) is -0.288. The van der Waals surface area contributed by atoms with Crippen LogP contribution in [0, 0.1) is 0 Å². The molecule has 0 aliphatic carbocycles. The van der Waals surface area contributed by atoms with E-state index in [9.17, 15) is 9.59 Å². The molecular formula is C20H20ClN5O2S2. The Bertz CT molecular complexity index is 1020. The number of amides is 2. The van der Waals surface area contributed by atoms with Crippen LogP contribution in [0.1, 0.15) is 15.4 Å². The average Bonchev–Trinajstić information content (AvgIpc) is 3.20. The molecule has 1 heterocycles. The van der Waals surface area contributed by atoms with Gasteiger partial charge in [-0.2, -0.15) is 0 Å². The number of aromatic nitrogens is 2. The zero-order valence-corrected chi connectivity index (χ0v) is 18.8. The molecule has 0 spiro atoms. The van der Waals surface area contributed by atoms with Crippen molar-refractivity contribution in [2.45, 2.75) is 10.9 Å². The Kier molecular flexibility index (Phi) is 7.67. The summed E-state index contributed by atoms with van der Waals surface area (Å²) in [7, 11) is 3.96. The van der Waals surface area contributed by atoms with Crippen LogP contribution in [0.3, 0.4) is 0 Å². The Labute approximate surface area is 187 Å². The molecule has 1 aromatic heterocycles. The standard InChI is InChI=1S/C20H20ClN5O2S2/c1-26(2)16-8-6-13(7-9-16)11-22-17(27)12-29-20-25-24-19(30-20)18(28)23-15-5-3-4-14(21)10-15/h3-10H,11-12H2,1-2H3,(H,22,27)(H,23,28). The molecule has 2 amide bonds. The minimum atomic E-state index is -0.368. The largest absolute Gasteiger partial charge is 0.378 e. The van der Waals surface area contributed by atoms with Gasteiger partial charge in [0.15, 0.2) is 4.34 Å². The van der Waals surface area contributed by atoms with Gasteiger partial charge in [-0.3, -0.25) is 9.59 Å². The maximum Gasteiger partial charge on any atom is 0.286 e. The maximum absolute atomic E-state index is 12.3. The van der Waals surface area contributed by atoms with Gasteiger partial charge < -0.3 is 15.5 Å². The van der Waals surface area contributed by atoms with Crippen molar-refractivity contribution in [2.75, 3.05) is 30.1 Å². The predicted molar refractivity (Wildman–Crippen MR) is 123 cm³/mol. The van der Waals surface area contributed by atoms with E-state index in [0.29, 0.717) is 21.6 Å². The second kappa shape index (κ2) is 10.4. The van der Waals surface area contributed by atoms with Gasteiger partial charge in [0.25, 0.3) is 5.91 Å². The van der Waals surface area contributed by atoms with Crippen LogP contribution in [0.4, 0.5) is 11.4 Å². The zero-order chi connectivity index (χ0) is 21.5. The highest BCUT2D eigenvalue weighted by molar-refractivity contribution is 8.01. The molecule has 0 atom stereocenters. The summed E-state index contributed by atoms with van der Waals surface area (Å²) in [5.41, 5.74) is 2.71. The molecule has 156 valence electrons. The predicted octanol–water partition coefficient (Wildman–Crippen LogP) is 3.92. The lowest BCUT2D eigenvalue weighted by molar-refractivity contribution is -0.118. The molecule has 3 aromatic rings. The second-order valence-electron chi connectivity index (χ2n) is 6.46. The molecule has 2 N–H and O–H groups in total. The van der Waals surface area contributed by atoms with Gasteiger partial charge in [-0.1, -0.05) is 52.9 Å². The average molecular weight is 462 g/mol. The normalized spacial score (nSPS) is 10.5. The lowest BCUT2D eigenvalue weighted by atomic mass is 10.2. The Morgan fingerprint density at radius 1 is 1.13 bits per heavy atom. The summed E-state index contributed by atoms with van der Waals surface area (Å²) in [5, 5.41) is 14.2. The highest BCUT2D eigenvalue weighted by atomic mass is 35.5. The summed E-state index contributed by atoms with van der Waals surface area (Å²) >= 11 is 8.29. The molecule has 10 heteroatoms. The highest BCUT2D eigenvalue weighted by Crippen LogP contribution is 2.23. The maximum atomic E-state index is 12.3. The van der Waals surface area contributed by atoms with E-state index in [2.05, 4.69) is 20.8 Å². The van der Waals surface area contributed by atoms with Crippen LogP contribution in [0.25, 0.3) is 0 Å². The van der Waals surface area contributed by atoms with E-state index in [1.54, 1.807) is 24.3 Å². The van der Waals surface area contributed by atoms with Crippen molar-refractivity contribution in [2.24, 2.45) is 0 Å². The number of carbonyl (C=O) groups excluding carboxylic acids is 2. The number of nitrogens with one attached hydrogen (secondary N) is 2. The number of halogens is 1. The first-order chi connectivity index (χ1) is 14.4. The number of carbonyl (C=O) groups is 2. The second-order valence-corrected chi connectivity index (χ2v) is 9.10. The van der Waals surface area contributed by atoms with Crippen LogP contribution >= 0.6 is 34.7 Å². The monoisotopic (exact) mass is 461 g/mol. The third-order valence-electron chi connectivity index (χ3n) is 3.95. The fourth-order valence-electron chi connectivity index (χ4n) is 2.40. The molecule has 30 heavy (non-hydrogen) atoms. The minimum absolute atomic E-state index is 0.114. The third kappa shape index (κ3) is 6.45. The van der Waals surface area contributed by atoms with E-state index in [0.717, 1.165) is 22.6 Å². The van der Waals surface area contributed by atoms with Gasteiger partial charge in [0.2, 0.25) is 10.9 Å². The summed E-state index contributed by atoms with van der Waals surface area (Å²) in [6.45, 7) is 0.455. The lowest BCUT2D eigenvalue weighted by Gasteiger charge is -2.12. The molecule has 0 saturated carbocycles. The SMILES string of the molecule is CN(C)c1ccc(CNC(=O)CSc2nnc(C(=O)Nc3cccc(Cl)c3)s2)cc1. The highest BCUT2D eigenvalue weighted by Gasteiger charge is 2.14. The summed E-state index contributed by atoms with van der Waals surface area (Å²) in [4.78, 5) is 26.4. The van der Waals surface area contributed by atoms with Crippen molar-refractivity contribution in [1.82, 2.24) is 15.5 Å². The molecule has 0 bridgehead atoms. The van der Waals surface area contributed by atoms with Crippen molar-refractivity contribution in [3.8, 4) is 0 Å². The van der Waals surface area contributed by atoms with Crippen molar-refractivity contribution in [3.63, 3.8) is 0 Å². The van der Waals surface area contributed by atoms with Crippen molar-refractivity contribution < 1.29 is 9.59 Å². The molecule has 7 nitrogen and oxygen atoms in total. The Morgan fingerprint density at radius 3 is 2.60 bits per heavy atom. The van der Waals surface area contributed by atoms with Crippen LogP contribution in [0.5, 0.6) is 0 Å². The zero-order valence-electron chi connectivity index (χ0n) is 16.4. The number of hydrogen-bond donors (Lipinski definition) is 2. The molecule has 0 fully saturated rings. The van der Waals surface area contributed by atoms with Gasteiger partial charge >= 0.3 is 0 Å². The third-order valence-corrected chi connectivity index (χ3v) is 6.24. The van der Waals surface area contributed by atoms with E-state index in [1.807, 2.05) is 43.3 Å². The molecule has 0 unspecified atom stereocenters. The number of hydrogen-bond acceptors (Lipinski definition) is 7. The topological polar surface area (TPSA) is 87.2 Å². The number of nitrogens with zero attached hydrogens (tertiary/aromatic N) is 3. The Morgan fingerprint density at radius 2 is 1.90 bits per heavy atom. The van der Waals surface area contributed by atoms with E-state index in [-0.39, 0.29) is 22.6 Å². The molecule has 2 aromatic carbocycles. The molecule has 3 rings (SSSR count). The fraction of sp³-hybridized carbons (Fsp3) is 0.200. The fourth-order valence-corrected chi connectivity index (χ4v) is 4.17. The summed E-state index contributed by atoms with van der Waals surface area (Å²) < 4.78 is 0.553. The van der Waals surface area contributed by atoms with E-state index in [4.69, 9.17) is 11.6 Å². The Hall–Kier alpha value is -2.62. The number of rotatable bonds is 8. The number of benzene rings is 2. The number of anilines is 2. The summed E-state index contributed by atoms with van der Waals surface area (Å²) in [6.07, 6.45) is 0. The van der Waals surface area contributed by atoms with Gasteiger partial charge in [-0.15, -0.1) is 10.2 Å². The first kappa shape index (κ1) is 22.1. The Balaban J connectivity index is 1.45. The first-order valence-electron chi connectivity index (χ1n) is 8.97.